The fourth-order valence-corrected chi connectivity index (χ4v) is 5.78. The number of nitrogens with one attached hydrogen (secondary N) is 1. The minimum atomic E-state index is -0.758. The summed E-state index contributed by atoms with van der Waals surface area (Å²) in [6.07, 6.45) is 0.978. The number of Topliss-reactive ketones (excluding diaryl/α,β-unsaturated/α-hetero) is 1. The van der Waals surface area contributed by atoms with Crippen molar-refractivity contribution >= 4 is 39.4 Å². The number of likely N-dealkylation sites (tertiary alicyclic amines) is 2. The molecule has 0 saturated carbocycles. The van der Waals surface area contributed by atoms with Gasteiger partial charge in [0.1, 0.15) is 12.1 Å². The van der Waals surface area contributed by atoms with E-state index in [1.54, 1.807) is 40.1 Å². The molecule has 2 aliphatic heterocycles. The van der Waals surface area contributed by atoms with Crippen LogP contribution in [0.1, 0.15) is 73.7 Å². The Labute approximate surface area is 233 Å². The van der Waals surface area contributed by atoms with Gasteiger partial charge in [-0.2, -0.15) is 0 Å². The molecule has 7 nitrogen and oxygen atoms in total. The van der Waals surface area contributed by atoms with Gasteiger partial charge < -0.3 is 15.1 Å². The SMILES string of the molecule is CC(C)CC(NC(=O)c1ccc(C(C)(C)C)cc1)C(=O)N1CCC2C1C(=O)CN2C(=O)c1cccc(Br)c1. The molecule has 3 unspecified atom stereocenters. The fourth-order valence-electron chi connectivity index (χ4n) is 5.38. The summed E-state index contributed by atoms with van der Waals surface area (Å²) >= 11 is 3.39. The zero-order chi connectivity index (χ0) is 27.8. The van der Waals surface area contributed by atoms with Gasteiger partial charge in [0.15, 0.2) is 5.78 Å². The highest BCUT2D eigenvalue weighted by Crippen LogP contribution is 2.32. The van der Waals surface area contributed by atoms with Crippen molar-refractivity contribution in [1.82, 2.24) is 15.1 Å². The van der Waals surface area contributed by atoms with Crippen LogP contribution in [0.2, 0.25) is 0 Å². The normalized spacial score (nSPS) is 20.0. The van der Waals surface area contributed by atoms with Crippen LogP contribution in [0.3, 0.4) is 0 Å². The smallest absolute Gasteiger partial charge is 0.254 e. The van der Waals surface area contributed by atoms with Gasteiger partial charge in [-0.25, -0.2) is 0 Å². The Morgan fingerprint density at radius 2 is 1.71 bits per heavy atom. The van der Waals surface area contributed by atoms with Gasteiger partial charge in [-0.15, -0.1) is 0 Å². The van der Waals surface area contributed by atoms with E-state index in [2.05, 4.69) is 42.0 Å². The second kappa shape index (κ2) is 11.0. The topological polar surface area (TPSA) is 86.8 Å². The molecule has 0 radical (unpaired) electrons. The van der Waals surface area contributed by atoms with E-state index in [9.17, 15) is 19.2 Å². The third-order valence-corrected chi connectivity index (χ3v) is 7.85. The Morgan fingerprint density at radius 1 is 1.03 bits per heavy atom. The lowest BCUT2D eigenvalue weighted by Gasteiger charge is -2.29. The van der Waals surface area contributed by atoms with Crippen molar-refractivity contribution in [3.05, 3.63) is 69.7 Å². The van der Waals surface area contributed by atoms with E-state index in [0.717, 1.165) is 10.0 Å². The number of benzene rings is 2. The van der Waals surface area contributed by atoms with Crippen molar-refractivity contribution in [2.75, 3.05) is 13.1 Å². The van der Waals surface area contributed by atoms with E-state index >= 15 is 0 Å². The van der Waals surface area contributed by atoms with Crippen LogP contribution in [-0.4, -0.2) is 64.5 Å². The number of carbonyl (C=O) groups is 4. The van der Waals surface area contributed by atoms with E-state index < -0.39 is 12.1 Å². The Balaban J connectivity index is 1.50. The summed E-state index contributed by atoms with van der Waals surface area (Å²) in [5.74, 6) is -0.788. The van der Waals surface area contributed by atoms with Crippen LogP contribution in [0.4, 0.5) is 0 Å². The molecule has 38 heavy (non-hydrogen) atoms. The number of halogens is 1. The lowest BCUT2D eigenvalue weighted by atomic mass is 9.86. The average Bonchev–Trinajstić information content (AvgIpc) is 3.43. The predicted octanol–water partition coefficient (Wildman–Crippen LogP) is 4.59. The number of amides is 3. The van der Waals surface area contributed by atoms with Gasteiger partial charge in [-0.3, -0.25) is 19.2 Å². The lowest BCUT2D eigenvalue weighted by molar-refractivity contribution is -0.138. The zero-order valence-electron chi connectivity index (χ0n) is 22.7. The van der Waals surface area contributed by atoms with E-state index in [1.807, 2.05) is 32.0 Å². The van der Waals surface area contributed by atoms with Crippen molar-refractivity contribution in [2.24, 2.45) is 5.92 Å². The van der Waals surface area contributed by atoms with E-state index in [4.69, 9.17) is 0 Å². The Bertz CT molecular complexity index is 1230. The van der Waals surface area contributed by atoms with Crippen molar-refractivity contribution in [3.63, 3.8) is 0 Å². The van der Waals surface area contributed by atoms with Crippen LogP contribution in [0.25, 0.3) is 0 Å². The number of fused-ring (bicyclic) bond motifs is 1. The first-order valence-corrected chi connectivity index (χ1v) is 14.0. The molecule has 4 rings (SSSR count). The average molecular weight is 583 g/mol. The van der Waals surface area contributed by atoms with Crippen LogP contribution >= 0.6 is 15.9 Å². The molecule has 2 aromatic rings. The summed E-state index contributed by atoms with van der Waals surface area (Å²) < 4.78 is 0.786. The van der Waals surface area contributed by atoms with E-state index in [0.29, 0.717) is 30.5 Å². The molecule has 0 bridgehead atoms. The number of carbonyl (C=O) groups excluding carboxylic acids is 4. The minimum absolute atomic E-state index is 0.0220. The third-order valence-electron chi connectivity index (χ3n) is 7.36. The summed E-state index contributed by atoms with van der Waals surface area (Å²) in [7, 11) is 0. The molecule has 3 atom stereocenters. The van der Waals surface area contributed by atoms with Crippen molar-refractivity contribution in [1.29, 1.82) is 0 Å². The van der Waals surface area contributed by atoms with E-state index in [-0.39, 0.29) is 47.4 Å². The highest BCUT2D eigenvalue weighted by Gasteiger charge is 2.52. The number of ketones is 1. The highest BCUT2D eigenvalue weighted by molar-refractivity contribution is 9.10. The first-order valence-electron chi connectivity index (χ1n) is 13.2. The molecule has 2 aromatic carbocycles. The van der Waals surface area contributed by atoms with E-state index in [1.165, 1.54) is 0 Å². The monoisotopic (exact) mass is 581 g/mol. The van der Waals surface area contributed by atoms with Crippen molar-refractivity contribution < 1.29 is 19.2 Å². The summed E-state index contributed by atoms with van der Waals surface area (Å²) in [5, 5.41) is 2.93. The summed E-state index contributed by atoms with van der Waals surface area (Å²) in [5.41, 5.74) is 2.08. The number of hydrogen-bond acceptors (Lipinski definition) is 4. The largest absolute Gasteiger partial charge is 0.340 e. The van der Waals surface area contributed by atoms with Crippen molar-refractivity contribution in [2.45, 2.75) is 71.0 Å². The molecule has 0 aliphatic carbocycles. The van der Waals surface area contributed by atoms with Gasteiger partial charge in [0, 0.05) is 22.1 Å². The van der Waals surface area contributed by atoms with Crippen molar-refractivity contribution in [3.8, 4) is 0 Å². The highest BCUT2D eigenvalue weighted by atomic mass is 79.9. The van der Waals surface area contributed by atoms with Crippen LogP contribution in [0.5, 0.6) is 0 Å². The van der Waals surface area contributed by atoms with Gasteiger partial charge in [0.2, 0.25) is 5.91 Å². The Kier molecular flexibility index (Phi) is 8.12. The molecule has 2 saturated heterocycles. The fraction of sp³-hybridized carbons (Fsp3) is 0.467. The molecule has 2 fully saturated rings. The Morgan fingerprint density at radius 3 is 2.32 bits per heavy atom. The third kappa shape index (κ3) is 5.85. The van der Waals surface area contributed by atoms with Gasteiger partial charge in [-0.05, 0) is 60.1 Å². The van der Waals surface area contributed by atoms with Gasteiger partial charge in [-0.1, -0.05) is 68.7 Å². The summed E-state index contributed by atoms with van der Waals surface area (Å²) in [6.45, 7) is 10.7. The van der Waals surface area contributed by atoms with Crippen LogP contribution in [0.15, 0.2) is 53.0 Å². The molecule has 2 heterocycles. The Hall–Kier alpha value is -3.00. The molecule has 8 heteroatoms. The molecule has 202 valence electrons. The molecule has 0 aromatic heterocycles. The molecule has 3 amide bonds. The second-order valence-corrected chi connectivity index (χ2v) is 12.6. The minimum Gasteiger partial charge on any atom is -0.340 e. The maximum atomic E-state index is 13.8. The quantitative estimate of drug-likeness (QED) is 0.540. The van der Waals surface area contributed by atoms with Gasteiger partial charge in [0.05, 0.1) is 12.6 Å². The number of nitrogens with zero attached hydrogens (tertiary/aromatic N) is 2. The predicted molar refractivity (Wildman–Crippen MR) is 150 cm³/mol. The second-order valence-electron chi connectivity index (χ2n) is 11.7. The maximum absolute atomic E-state index is 13.8. The zero-order valence-corrected chi connectivity index (χ0v) is 24.2. The van der Waals surface area contributed by atoms with Crippen LogP contribution in [0, 0.1) is 5.92 Å². The molecule has 2 aliphatic rings. The number of hydrogen-bond donors (Lipinski definition) is 1. The van der Waals surface area contributed by atoms with Crippen LogP contribution < -0.4 is 5.32 Å². The molecular weight excluding hydrogens is 546 g/mol. The summed E-state index contributed by atoms with van der Waals surface area (Å²) in [6, 6.07) is 12.7. The lowest BCUT2D eigenvalue weighted by Crippen LogP contribution is -2.53. The van der Waals surface area contributed by atoms with Gasteiger partial charge in [0.25, 0.3) is 11.8 Å². The van der Waals surface area contributed by atoms with Gasteiger partial charge >= 0.3 is 0 Å². The molecule has 1 N–H and O–H groups in total. The molecule has 0 spiro atoms. The summed E-state index contributed by atoms with van der Waals surface area (Å²) in [4.78, 5) is 56.4. The first kappa shape index (κ1) is 28.0. The maximum Gasteiger partial charge on any atom is 0.254 e. The number of rotatable bonds is 6. The standard InChI is InChI=1S/C30H36BrN3O4/c1-18(2)15-23(32-27(36)19-9-11-21(12-10-19)30(3,4)5)29(38)33-14-13-24-26(33)25(35)17-34(24)28(37)20-7-6-8-22(31)16-20/h6-12,16,18,23-24,26H,13-15,17H2,1-5H3,(H,32,36). The molecular formula is C30H36BrN3O4. The first-order chi connectivity index (χ1) is 17.9. The van der Waals surface area contributed by atoms with Crippen LogP contribution in [-0.2, 0) is 15.0 Å².